The number of fused-ring (bicyclic) bond motifs is 2. The number of aryl methyl sites for hydroxylation is 2. The van der Waals surface area contributed by atoms with Gasteiger partial charge in [-0.25, -0.2) is 9.97 Å². The molecule has 26 nitrogen and oxygen atoms in total. The third-order valence-electron chi connectivity index (χ3n) is 13.3. The zero-order chi connectivity index (χ0) is 60.9. The average molecular weight is 1150 g/mol. The number of rotatable bonds is 21. The second kappa shape index (κ2) is 27.4. The number of nitro groups is 3. The van der Waals surface area contributed by atoms with Crippen LogP contribution in [-0.2, 0) is 0 Å². The highest BCUT2D eigenvalue weighted by Gasteiger charge is 2.24. The van der Waals surface area contributed by atoms with Crippen LogP contribution in [-0.4, -0.2) is 151 Å². The Kier molecular flexibility index (Phi) is 20.0. The minimum absolute atomic E-state index is 0.00868. The number of ether oxygens (including phenoxy) is 5. The summed E-state index contributed by atoms with van der Waals surface area (Å²) < 4.78 is 31.2. The fourth-order valence-corrected chi connectivity index (χ4v) is 8.73. The van der Waals surface area contributed by atoms with Crippen LogP contribution in [0.15, 0.2) is 122 Å². The van der Waals surface area contributed by atoms with Crippen LogP contribution in [0.4, 0.5) is 45.8 Å². The maximum absolute atomic E-state index is 12.0. The topological polar surface area (TPSA) is 288 Å². The summed E-state index contributed by atoms with van der Waals surface area (Å²) in [6.45, 7) is 6.66. The number of benzene rings is 5. The average Bonchev–Trinajstić information content (AvgIpc) is 2.84. The summed E-state index contributed by atoms with van der Waals surface area (Å²) >= 11 is 0. The monoisotopic (exact) mass is 1150 g/mol. The summed E-state index contributed by atoms with van der Waals surface area (Å²) in [5, 5.41) is 38.9. The molecule has 0 aliphatic heterocycles. The summed E-state index contributed by atoms with van der Waals surface area (Å²) in [7, 11) is 17.7. The van der Waals surface area contributed by atoms with Crippen molar-refractivity contribution in [3.05, 3.63) is 163 Å². The Balaban J connectivity index is 0.000000191. The highest BCUT2D eigenvalue weighted by Crippen LogP contribution is 2.40. The summed E-state index contributed by atoms with van der Waals surface area (Å²) in [4.78, 5) is 58.1. The molecule has 84 heavy (non-hydrogen) atoms. The van der Waals surface area contributed by atoms with Crippen LogP contribution in [0.1, 0.15) is 11.1 Å². The lowest BCUT2D eigenvalue weighted by molar-refractivity contribution is -0.384. The molecule has 0 radical (unpaired) electrons. The van der Waals surface area contributed by atoms with Gasteiger partial charge in [0.25, 0.3) is 17.1 Å². The Morgan fingerprint density at radius 3 is 1.51 bits per heavy atom. The van der Waals surface area contributed by atoms with Crippen molar-refractivity contribution in [3.8, 4) is 46.4 Å². The number of nitrogens with two attached hydrogens (primary N) is 1. The molecule has 0 saturated carbocycles. The first kappa shape index (κ1) is 61.3. The number of nitrogens with one attached hydrogen (secondary N) is 1. The lowest BCUT2D eigenvalue weighted by Gasteiger charge is -2.22. The second-order valence-electron chi connectivity index (χ2n) is 19.6. The van der Waals surface area contributed by atoms with E-state index >= 15 is 0 Å². The molecule has 0 unspecified atom stereocenters. The van der Waals surface area contributed by atoms with Crippen molar-refractivity contribution in [1.29, 1.82) is 0 Å². The number of nitrogen functional groups attached to an aromatic ring is 1. The second-order valence-corrected chi connectivity index (χ2v) is 19.6. The first-order valence-corrected chi connectivity index (χ1v) is 26.0. The van der Waals surface area contributed by atoms with Crippen LogP contribution >= 0.6 is 0 Å². The Bertz CT molecular complexity index is 3800. The van der Waals surface area contributed by atoms with Crippen molar-refractivity contribution in [2.75, 3.05) is 118 Å². The zero-order valence-corrected chi connectivity index (χ0v) is 48.8. The third kappa shape index (κ3) is 14.4. The van der Waals surface area contributed by atoms with Gasteiger partial charge in [0.15, 0.2) is 0 Å². The molecular weight excluding hydrogens is 1080 g/mol. The molecule has 9 aromatic rings. The van der Waals surface area contributed by atoms with E-state index in [1.54, 1.807) is 38.7 Å². The van der Waals surface area contributed by atoms with E-state index in [0.717, 1.165) is 57.5 Å². The maximum atomic E-state index is 12.0. The van der Waals surface area contributed by atoms with Crippen LogP contribution < -0.4 is 44.5 Å². The van der Waals surface area contributed by atoms with Crippen molar-refractivity contribution in [1.82, 2.24) is 38.9 Å². The van der Waals surface area contributed by atoms with Crippen molar-refractivity contribution in [2.45, 2.75) is 13.8 Å². The number of methoxy groups -OCH3 is 4. The largest absolute Gasteiger partial charge is 0.496 e. The lowest BCUT2D eigenvalue weighted by Crippen LogP contribution is -2.29. The molecule has 4 aromatic heterocycles. The number of likely N-dealkylation sites (N-methyl/N-ethyl adjacent to an activating group) is 4. The molecule has 0 aliphatic carbocycles. The van der Waals surface area contributed by atoms with Crippen LogP contribution in [0, 0.1) is 44.2 Å². The van der Waals surface area contributed by atoms with Crippen molar-refractivity contribution in [2.24, 2.45) is 0 Å². The van der Waals surface area contributed by atoms with Gasteiger partial charge < -0.3 is 63.5 Å². The molecule has 4 heterocycles. The molecule has 5 aromatic carbocycles. The fraction of sp³-hybridized carbons (Fsp3) is 0.276. The van der Waals surface area contributed by atoms with E-state index in [-0.39, 0.29) is 34.7 Å². The van der Waals surface area contributed by atoms with Gasteiger partial charge in [-0.1, -0.05) is 12.1 Å². The van der Waals surface area contributed by atoms with Gasteiger partial charge in [-0.3, -0.25) is 30.3 Å². The van der Waals surface area contributed by atoms with E-state index in [0.29, 0.717) is 59.0 Å². The zero-order valence-electron chi connectivity index (χ0n) is 48.8. The van der Waals surface area contributed by atoms with E-state index < -0.39 is 14.8 Å². The summed E-state index contributed by atoms with van der Waals surface area (Å²) in [6.07, 6.45) is 7.23. The molecule has 0 saturated heterocycles. The van der Waals surface area contributed by atoms with Crippen LogP contribution in [0.2, 0.25) is 0 Å². The molecule has 0 atom stereocenters. The Labute approximate surface area is 484 Å². The quantitative estimate of drug-likeness (QED) is 0.0384. The molecule has 440 valence electrons. The summed E-state index contributed by atoms with van der Waals surface area (Å²) in [5.74, 6) is 4.49. The fourth-order valence-electron chi connectivity index (χ4n) is 8.73. The first-order chi connectivity index (χ1) is 40.2. The smallest absolute Gasteiger partial charge is 0.323 e. The number of nitrogens with zero attached hydrogens (tertiary/aromatic N) is 13. The molecule has 0 bridgehead atoms. The number of aromatic nitrogens is 6. The van der Waals surface area contributed by atoms with Gasteiger partial charge in [-0.15, -0.1) is 0 Å². The van der Waals surface area contributed by atoms with E-state index in [1.807, 2.05) is 146 Å². The van der Waals surface area contributed by atoms with Crippen LogP contribution in [0.3, 0.4) is 0 Å². The molecule has 26 heteroatoms. The SMILES string of the molecule is COc1cc(N(C)CCN(C)C)c([N+](=O)[O-])cc1N.COc1cc(N(C)CCN(C)C)c([N+](=O)[O-])cc1Nc1ncc(C)c(-n2ccc3c(OC)cccc32)n1.COc1cccc2c1ccn2-c1nc(Oc2ccc([N+](=O)[O-])cc2)ncc1C. The maximum Gasteiger partial charge on any atom is 0.323 e. The van der Waals surface area contributed by atoms with E-state index in [2.05, 4.69) is 20.3 Å². The van der Waals surface area contributed by atoms with Crippen molar-refractivity contribution >= 4 is 67.6 Å². The first-order valence-electron chi connectivity index (χ1n) is 26.0. The van der Waals surface area contributed by atoms with Gasteiger partial charge >= 0.3 is 6.01 Å². The number of anilines is 5. The number of non-ortho nitro benzene ring substituents is 1. The minimum Gasteiger partial charge on any atom is -0.496 e. The summed E-state index contributed by atoms with van der Waals surface area (Å²) in [5.41, 5.74) is 10.9. The Hall–Kier alpha value is -10.3. The predicted molar refractivity (Wildman–Crippen MR) is 324 cm³/mol. The van der Waals surface area contributed by atoms with Gasteiger partial charge in [0.1, 0.15) is 51.8 Å². The minimum atomic E-state index is -0.463. The highest BCUT2D eigenvalue weighted by atomic mass is 16.6. The molecule has 3 N–H and O–H groups in total. The van der Waals surface area contributed by atoms with Crippen LogP contribution in [0.5, 0.6) is 34.8 Å². The number of hydrogen-bond donors (Lipinski definition) is 2. The molecule has 9 rings (SSSR count). The molecule has 0 fully saturated rings. The summed E-state index contributed by atoms with van der Waals surface area (Å²) in [6, 6.07) is 27.5. The van der Waals surface area contributed by atoms with E-state index in [1.165, 1.54) is 50.6 Å². The van der Waals surface area contributed by atoms with E-state index in [4.69, 9.17) is 34.4 Å². The normalized spacial score (nSPS) is 10.9. The molecule has 0 amide bonds. The Morgan fingerprint density at radius 1 is 0.560 bits per heavy atom. The Morgan fingerprint density at radius 2 is 1.04 bits per heavy atom. The van der Waals surface area contributed by atoms with Gasteiger partial charge in [0.2, 0.25) is 5.95 Å². The number of nitro benzene ring substituents is 3. The standard InChI is InChI=1S/C26H31N7O4.C20H16N4O4.C12H20N4O3/c1-17-16-27-26(29-25(17)32-11-10-18-20(32)8-7-9-23(18)36-5)28-19-14-22(33(34)35)21(15-24(19)37-6)31(4)13-12-30(2)3;1-13-12-21-20(28-15-8-6-14(7-9-15)24(25)26)22-19(13)23-11-10-16-17(23)4-3-5-18(16)27-2;1-14(2)5-6-15(3)10-8-12(19-4)9(13)7-11(10)16(17)18/h7-11,14-16H,12-13H2,1-6H3,(H,27,28,29);3-12H,1-2H3;7-8H,5-6,13H2,1-4H3. The van der Waals surface area contributed by atoms with Crippen LogP contribution in [0.25, 0.3) is 33.4 Å². The van der Waals surface area contributed by atoms with Crippen molar-refractivity contribution < 1.29 is 38.5 Å². The van der Waals surface area contributed by atoms with Gasteiger partial charge in [-0.2, -0.15) is 9.97 Å². The van der Waals surface area contributed by atoms with Gasteiger partial charge in [0, 0.05) is 123 Å². The van der Waals surface area contributed by atoms with Gasteiger partial charge in [0.05, 0.1) is 65.6 Å². The molecule has 0 aliphatic rings. The third-order valence-corrected chi connectivity index (χ3v) is 13.3. The molecular formula is C58H67N15O11. The van der Waals surface area contributed by atoms with Gasteiger partial charge in [-0.05, 0) is 90.6 Å². The number of hydrogen-bond acceptors (Lipinski definition) is 21. The van der Waals surface area contributed by atoms with E-state index in [9.17, 15) is 30.3 Å². The van der Waals surface area contributed by atoms with Crippen molar-refractivity contribution in [3.63, 3.8) is 0 Å². The predicted octanol–water partition coefficient (Wildman–Crippen LogP) is 10.0. The lowest BCUT2D eigenvalue weighted by atomic mass is 10.2. The highest BCUT2D eigenvalue weighted by molar-refractivity contribution is 5.89. The molecule has 0 spiro atoms.